The summed E-state index contributed by atoms with van der Waals surface area (Å²) >= 11 is 0.768. The van der Waals surface area contributed by atoms with Crippen LogP contribution in [0.25, 0.3) is 17.0 Å². The van der Waals surface area contributed by atoms with Crippen molar-refractivity contribution in [1.29, 1.82) is 0 Å². The molecule has 2 amide bonds. The van der Waals surface area contributed by atoms with Crippen molar-refractivity contribution < 1.29 is 45.5 Å². The van der Waals surface area contributed by atoms with Crippen molar-refractivity contribution in [3.8, 4) is 0 Å². The molecule has 2 aromatic carbocycles. The number of imide groups is 1. The number of rotatable bonds is 6. The van der Waals surface area contributed by atoms with Crippen LogP contribution in [0, 0.1) is 5.92 Å². The van der Waals surface area contributed by atoms with Gasteiger partial charge in [-0.1, -0.05) is 12.1 Å². The average Bonchev–Trinajstić information content (AvgIpc) is 3.37. The van der Waals surface area contributed by atoms with Gasteiger partial charge in [-0.15, -0.1) is 0 Å². The van der Waals surface area contributed by atoms with E-state index in [1.807, 2.05) is 0 Å². The van der Waals surface area contributed by atoms with Gasteiger partial charge in [-0.05, 0) is 73.0 Å². The van der Waals surface area contributed by atoms with Crippen molar-refractivity contribution in [1.82, 2.24) is 14.7 Å². The van der Waals surface area contributed by atoms with Gasteiger partial charge in [0.05, 0.1) is 46.8 Å². The number of aromatic nitrogens is 2. The van der Waals surface area contributed by atoms with Crippen LogP contribution < -0.4 is 0 Å². The largest absolute Gasteiger partial charge is 0.466 e. The molecule has 1 aromatic heterocycles. The van der Waals surface area contributed by atoms with Crippen molar-refractivity contribution in [2.45, 2.75) is 44.7 Å². The van der Waals surface area contributed by atoms with Crippen molar-refractivity contribution in [3.05, 3.63) is 69.8 Å². The van der Waals surface area contributed by atoms with E-state index in [-0.39, 0.29) is 35.0 Å². The van der Waals surface area contributed by atoms with Gasteiger partial charge >= 0.3 is 18.3 Å². The molecular formula is C27H21F6N3O4S. The number of hydrogen-bond donors (Lipinski definition) is 0. The summed E-state index contributed by atoms with van der Waals surface area (Å²) in [4.78, 5) is 38.7. The number of carbonyl (C=O) groups is 3. The molecule has 0 bridgehead atoms. The first-order chi connectivity index (χ1) is 19.3. The standard InChI is InChI=1S/C27H21F6N3O4S/c1-2-40-24(38)16-9-19(10-16)36-23(37)22(41-25(36)39)8-14-3-6-21-17(7-14)12-34-35(21)13-15-4-5-18(26(28,29)30)11-20(15)27(31,32)33/h3-8,11-12,16,19H,2,9-10,13H2,1H3. The predicted molar refractivity (Wildman–Crippen MR) is 136 cm³/mol. The van der Waals surface area contributed by atoms with E-state index in [0.717, 1.165) is 22.7 Å². The molecule has 1 saturated carbocycles. The van der Waals surface area contributed by atoms with Gasteiger partial charge in [-0.3, -0.25) is 24.0 Å². The fourth-order valence-corrected chi connectivity index (χ4v) is 5.73. The molecule has 0 unspecified atom stereocenters. The van der Waals surface area contributed by atoms with Gasteiger partial charge in [0.15, 0.2) is 0 Å². The monoisotopic (exact) mass is 597 g/mol. The molecule has 5 rings (SSSR count). The van der Waals surface area contributed by atoms with Gasteiger partial charge < -0.3 is 4.74 Å². The molecule has 14 heteroatoms. The Kier molecular flexibility index (Phi) is 7.38. The summed E-state index contributed by atoms with van der Waals surface area (Å²) in [6.45, 7) is 1.51. The van der Waals surface area contributed by atoms with E-state index in [0.29, 0.717) is 35.4 Å². The van der Waals surface area contributed by atoms with Gasteiger partial charge in [-0.2, -0.15) is 31.4 Å². The maximum absolute atomic E-state index is 13.6. The molecule has 2 aliphatic rings. The molecule has 2 fully saturated rings. The Bertz CT molecular complexity index is 1570. The minimum Gasteiger partial charge on any atom is -0.466 e. The van der Waals surface area contributed by atoms with E-state index >= 15 is 0 Å². The normalized spacial score (nSPS) is 20.7. The second-order valence-corrected chi connectivity index (χ2v) is 10.6. The van der Waals surface area contributed by atoms with E-state index in [4.69, 9.17) is 4.74 Å². The zero-order valence-electron chi connectivity index (χ0n) is 21.3. The number of fused-ring (bicyclic) bond motifs is 1. The van der Waals surface area contributed by atoms with Crippen molar-refractivity contribution in [2.24, 2.45) is 5.92 Å². The van der Waals surface area contributed by atoms with Crippen molar-refractivity contribution in [3.63, 3.8) is 0 Å². The summed E-state index contributed by atoms with van der Waals surface area (Å²) < 4.78 is 85.9. The molecule has 0 atom stereocenters. The van der Waals surface area contributed by atoms with Gasteiger partial charge in [0.25, 0.3) is 11.1 Å². The smallest absolute Gasteiger partial charge is 0.416 e. The number of halogens is 6. The van der Waals surface area contributed by atoms with Crippen LogP contribution in [0.3, 0.4) is 0 Å². The third kappa shape index (κ3) is 5.69. The number of ether oxygens (including phenoxy) is 1. The van der Waals surface area contributed by atoms with Crippen LogP contribution in [0.5, 0.6) is 0 Å². The average molecular weight is 598 g/mol. The molecule has 1 aliphatic carbocycles. The van der Waals surface area contributed by atoms with E-state index in [9.17, 15) is 40.7 Å². The summed E-state index contributed by atoms with van der Waals surface area (Å²) in [7, 11) is 0. The molecule has 0 N–H and O–H groups in total. The number of amides is 2. The maximum atomic E-state index is 13.6. The lowest BCUT2D eigenvalue weighted by Crippen LogP contribution is -2.49. The zero-order valence-corrected chi connectivity index (χ0v) is 22.1. The van der Waals surface area contributed by atoms with Crippen LogP contribution in [0.1, 0.15) is 42.0 Å². The number of thioether (sulfide) groups is 1. The molecule has 7 nitrogen and oxygen atoms in total. The van der Waals surface area contributed by atoms with Crippen LogP contribution in [0.4, 0.5) is 31.1 Å². The fourth-order valence-electron chi connectivity index (χ4n) is 4.83. The van der Waals surface area contributed by atoms with Crippen molar-refractivity contribution in [2.75, 3.05) is 6.61 Å². The Labute approximate surface area is 233 Å². The molecular weight excluding hydrogens is 576 g/mol. The molecule has 3 aromatic rings. The highest BCUT2D eigenvalue weighted by molar-refractivity contribution is 8.18. The molecule has 1 aliphatic heterocycles. The number of benzene rings is 2. The second kappa shape index (κ2) is 10.5. The minimum atomic E-state index is -5.01. The number of hydrogen-bond acceptors (Lipinski definition) is 6. The Morgan fingerprint density at radius 2 is 1.80 bits per heavy atom. The van der Waals surface area contributed by atoms with Gasteiger partial charge in [0.2, 0.25) is 0 Å². The summed E-state index contributed by atoms with van der Waals surface area (Å²) in [6, 6.07) is 5.87. The lowest BCUT2D eigenvalue weighted by atomic mass is 9.79. The Hall–Kier alpha value is -3.81. The first kappa shape index (κ1) is 28.7. The molecule has 0 spiro atoms. The highest BCUT2D eigenvalue weighted by atomic mass is 32.2. The highest BCUT2D eigenvalue weighted by Crippen LogP contribution is 2.42. The number of esters is 1. The summed E-state index contributed by atoms with van der Waals surface area (Å²) in [5, 5.41) is 4.17. The first-order valence-corrected chi connectivity index (χ1v) is 13.2. The number of carbonyl (C=O) groups excluding carboxylic acids is 3. The van der Waals surface area contributed by atoms with Crippen molar-refractivity contribution >= 4 is 45.9 Å². The molecule has 41 heavy (non-hydrogen) atoms. The first-order valence-electron chi connectivity index (χ1n) is 12.4. The van der Waals surface area contributed by atoms with Crippen LogP contribution in [0.2, 0.25) is 0 Å². The molecule has 0 radical (unpaired) electrons. The maximum Gasteiger partial charge on any atom is 0.416 e. The molecule has 2 heterocycles. The van der Waals surface area contributed by atoms with Crippen LogP contribution in [-0.4, -0.2) is 44.4 Å². The third-order valence-corrected chi connectivity index (χ3v) is 7.83. The Morgan fingerprint density at radius 3 is 2.46 bits per heavy atom. The zero-order chi connectivity index (χ0) is 29.7. The topological polar surface area (TPSA) is 81.5 Å². The fraction of sp³-hybridized carbons (Fsp3) is 0.333. The lowest BCUT2D eigenvalue weighted by molar-refractivity contribution is -0.154. The van der Waals surface area contributed by atoms with E-state index in [2.05, 4.69) is 5.10 Å². The van der Waals surface area contributed by atoms with Gasteiger partial charge in [0, 0.05) is 11.4 Å². The van der Waals surface area contributed by atoms with E-state index in [1.165, 1.54) is 17.0 Å². The van der Waals surface area contributed by atoms with E-state index < -0.39 is 47.2 Å². The number of alkyl halides is 6. The predicted octanol–water partition coefficient (Wildman–Crippen LogP) is 6.50. The van der Waals surface area contributed by atoms with E-state index in [1.54, 1.807) is 25.1 Å². The van der Waals surface area contributed by atoms with Gasteiger partial charge in [0.1, 0.15) is 0 Å². The summed E-state index contributed by atoms with van der Waals surface area (Å²) in [6.07, 6.45) is -6.35. The highest BCUT2D eigenvalue weighted by Gasteiger charge is 2.47. The Morgan fingerprint density at radius 1 is 1.07 bits per heavy atom. The molecule has 216 valence electrons. The lowest BCUT2D eigenvalue weighted by Gasteiger charge is -2.37. The van der Waals surface area contributed by atoms with Crippen LogP contribution in [0.15, 0.2) is 47.5 Å². The summed E-state index contributed by atoms with van der Waals surface area (Å²) in [5.41, 5.74) is -2.23. The SMILES string of the molecule is CCOC(=O)C1CC(N2C(=O)SC(=Cc3ccc4c(cnn4Cc4ccc(C(F)(F)F)cc4C(F)(F)F)c3)C2=O)C1. The van der Waals surface area contributed by atoms with Crippen LogP contribution >= 0.6 is 11.8 Å². The summed E-state index contributed by atoms with van der Waals surface area (Å²) in [5.74, 6) is -1.19. The van der Waals surface area contributed by atoms with Crippen LogP contribution in [-0.2, 0) is 33.2 Å². The second-order valence-electron chi connectivity index (χ2n) is 9.61. The Balaban J connectivity index is 1.34. The van der Waals surface area contributed by atoms with Gasteiger partial charge in [-0.25, -0.2) is 0 Å². The minimum absolute atomic E-state index is 0.0900. The quantitative estimate of drug-likeness (QED) is 0.183. The third-order valence-electron chi connectivity index (χ3n) is 6.95. The molecule has 1 saturated heterocycles. The number of nitrogens with zero attached hydrogens (tertiary/aromatic N) is 3.